The Bertz CT molecular complexity index is 487. The molecular weight excluding hydrogens is 282 g/mol. The Balaban J connectivity index is 2.49. The van der Waals surface area contributed by atoms with Crippen molar-refractivity contribution in [1.82, 2.24) is 10.2 Å². The Morgan fingerprint density at radius 1 is 1.13 bits per heavy atom. The Kier molecular flexibility index (Phi) is 2.98. The predicted octanol–water partition coefficient (Wildman–Crippen LogP) is 3.70. The monoisotopic (exact) mass is 286 g/mol. The van der Waals surface area contributed by atoms with E-state index in [0.29, 0.717) is 15.7 Å². The number of benzene rings is 1. The van der Waals surface area contributed by atoms with Crippen LogP contribution >= 0.6 is 27.5 Å². The van der Waals surface area contributed by atoms with Gasteiger partial charge in [-0.25, -0.2) is 4.39 Å². The summed E-state index contributed by atoms with van der Waals surface area (Å²) in [5, 5.41) is 7.75. The van der Waals surface area contributed by atoms with Crippen molar-refractivity contribution in [2.24, 2.45) is 0 Å². The molecule has 1 aromatic heterocycles. The van der Waals surface area contributed by atoms with Crippen LogP contribution in [-0.4, -0.2) is 10.2 Å². The normalized spacial score (nSPS) is 10.3. The van der Waals surface area contributed by atoms with Crippen LogP contribution < -0.4 is 0 Å². The van der Waals surface area contributed by atoms with Crippen LogP contribution in [0.1, 0.15) is 0 Å². The van der Waals surface area contributed by atoms with E-state index in [1.165, 1.54) is 6.07 Å². The van der Waals surface area contributed by atoms with Gasteiger partial charge in [0.1, 0.15) is 5.82 Å². The third-order valence-electron chi connectivity index (χ3n) is 1.84. The van der Waals surface area contributed by atoms with Crippen molar-refractivity contribution in [1.29, 1.82) is 0 Å². The molecule has 0 aliphatic heterocycles. The standard InChI is InChI=1S/C10H5BrClFN2/c11-6-1-2-7(8(13)5-6)9-3-4-10(12)15-14-9/h1-5H. The summed E-state index contributed by atoms with van der Waals surface area (Å²) in [5.41, 5.74) is 0.867. The minimum Gasteiger partial charge on any atom is -0.206 e. The second-order valence-corrected chi connectivity index (χ2v) is 4.17. The molecule has 76 valence electrons. The van der Waals surface area contributed by atoms with Gasteiger partial charge in [0.05, 0.1) is 5.69 Å². The van der Waals surface area contributed by atoms with E-state index in [1.54, 1.807) is 24.3 Å². The summed E-state index contributed by atoms with van der Waals surface area (Å²) < 4.78 is 14.2. The summed E-state index contributed by atoms with van der Waals surface area (Å²) in [7, 11) is 0. The van der Waals surface area contributed by atoms with Crippen LogP contribution in [0.5, 0.6) is 0 Å². The first-order valence-corrected chi connectivity index (χ1v) is 5.28. The Morgan fingerprint density at radius 3 is 2.53 bits per heavy atom. The number of aromatic nitrogens is 2. The number of hydrogen-bond donors (Lipinski definition) is 0. The summed E-state index contributed by atoms with van der Waals surface area (Å²) in [5.74, 6) is -0.346. The first-order valence-electron chi connectivity index (χ1n) is 4.11. The Labute approximate surface area is 99.2 Å². The van der Waals surface area contributed by atoms with Crippen LogP contribution in [0.25, 0.3) is 11.3 Å². The lowest BCUT2D eigenvalue weighted by Gasteiger charge is -2.01. The minimum atomic E-state index is -0.346. The van der Waals surface area contributed by atoms with Crippen molar-refractivity contribution in [2.75, 3.05) is 0 Å². The van der Waals surface area contributed by atoms with Crippen molar-refractivity contribution in [3.05, 3.63) is 45.8 Å². The van der Waals surface area contributed by atoms with E-state index in [1.807, 2.05) is 0 Å². The zero-order chi connectivity index (χ0) is 10.8. The highest BCUT2D eigenvalue weighted by Crippen LogP contribution is 2.23. The van der Waals surface area contributed by atoms with Crippen LogP contribution in [-0.2, 0) is 0 Å². The largest absolute Gasteiger partial charge is 0.206 e. The fraction of sp³-hybridized carbons (Fsp3) is 0. The molecule has 0 aliphatic rings. The van der Waals surface area contributed by atoms with Gasteiger partial charge in [0, 0.05) is 10.0 Å². The lowest BCUT2D eigenvalue weighted by Crippen LogP contribution is -1.90. The van der Waals surface area contributed by atoms with Crippen molar-refractivity contribution >= 4 is 27.5 Å². The van der Waals surface area contributed by atoms with Gasteiger partial charge in [0.2, 0.25) is 0 Å². The summed E-state index contributed by atoms with van der Waals surface area (Å²) in [6, 6.07) is 7.96. The molecule has 0 N–H and O–H groups in total. The molecule has 0 spiro atoms. The van der Waals surface area contributed by atoms with E-state index in [-0.39, 0.29) is 11.0 Å². The van der Waals surface area contributed by atoms with Crippen molar-refractivity contribution < 1.29 is 4.39 Å². The molecule has 0 unspecified atom stereocenters. The fourth-order valence-electron chi connectivity index (χ4n) is 1.16. The van der Waals surface area contributed by atoms with Crippen LogP contribution in [0.15, 0.2) is 34.8 Å². The smallest absolute Gasteiger partial charge is 0.151 e. The van der Waals surface area contributed by atoms with E-state index in [9.17, 15) is 4.39 Å². The van der Waals surface area contributed by atoms with Crippen molar-refractivity contribution in [3.63, 3.8) is 0 Å². The molecule has 0 fully saturated rings. The molecule has 0 saturated heterocycles. The van der Waals surface area contributed by atoms with Gasteiger partial charge < -0.3 is 0 Å². The SMILES string of the molecule is Fc1cc(Br)ccc1-c1ccc(Cl)nn1. The van der Waals surface area contributed by atoms with Gasteiger partial charge in [-0.15, -0.1) is 10.2 Å². The third kappa shape index (κ3) is 2.33. The highest BCUT2D eigenvalue weighted by Gasteiger charge is 2.07. The van der Waals surface area contributed by atoms with E-state index < -0.39 is 0 Å². The van der Waals surface area contributed by atoms with Crippen LogP contribution in [0.4, 0.5) is 4.39 Å². The predicted molar refractivity (Wildman–Crippen MR) is 60.1 cm³/mol. The molecule has 2 rings (SSSR count). The van der Waals surface area contributed by atoms with Gasteiger partial charge in [0.25, 0.3) is 0 Å². The molecule has 1 aromatic carbocycles. The Morgan fingerprint density at radius 2 is 1.93 bits per heavy atom. The van der Waals surface area contributed by atoms with Crippen LogP contribution in [0.2, 0.25) is 5.15 Å². The summed E-state index contributed by atoms with van der Waals surface area (Å²) in [6.07, 6.45) is 0. The topological polar surface area (TPSA) is 25.8 Å². The van der Waals surface area contributed by atoms with E-state index in [4.69, 9.17) is 11.6 Å². The van der Waals surface area contributed by atoms with Crippen molar-refractivity contribution in [2.45, 2.75) is 0 Å². The molecule has 0 radical (unpaired) electrons. The number of hydrogen-bond acceptors (Lipinski definition) is 2. The average molecular weight is 288 g/mol. The molecule has 15 heavy (non-hydrogen) atoms. The number of rotatable bonds is 1. The molecule has 2 nitrogen and oxygen atoms in total. The highest BCUT2D eigenvalue weighted by atomic mass is 79.9. The minimum absolute atomic E-state index is 0.288. The zero-order valence-electron chi connectivity index (χ0n) is 7.42. The molecular formula is C10H5BrClFN2. The first kappa shape index (κ1) is 10.5. The van der Waals surface area contributed by atoms with Crippen LogP contribution in [0.3, 0.4) is 0 Å². The molecule has 0 bridgehead atoms. The first-order chi connectivity index (χ1) is 7.16. The molecule has 2 aromatic rings. The average Bonchev–Trinajstić information content (AvgIpc) is 2.20. The van der Waals surface area contributed by atoms with Crippen LogP contribution in [0, 0.1) is 5.82 Å². The maximum absolute atomic E-state index is 13.5. The second-order valence-electron chi connectivity index (χ2n) is 2.87. The quantitative estimate of drug-likeness (QED) is 0.799. The number of halogens is 3. The molecule has 0 saturated carbocycles. The van der Waals surface area contributed by atoms with E-state index in [0.717, 1.165) is 0 Å². The molecule has 0 atom stereocenters. The molecule has 0 amide bonds. The second kappa shape index (κ2) is 4.24. The van der Waals surface area contributed by atoms with Gasteiger partial charge in [0.15, 0.2) is 5.15 Å². The lowest BCUT2D eigenvalue weighted by molar-refractivity contribution is 0.629. The molecule has 5 heteroatoms. The number of nitrogens with zero attached hydrogens (tertiary/aromatic N) is 2. The van der Waals surface area contributed by atoms with Gasteiger partial charge in [-0.2, -0.15) is 0 Å². The molecule has 0 aliphatic carbocycles. The zero-order valence-corrected chi connectivity index (χ0v) is 9.76. The highest BCUT2D eigenvalue weighted by molar-refractivity contribution is 9.10. The van der Waals surface area contributed by atoms with E-state index in [2.05, 4.69) is 26.1 Å². The summed E-state index contributed by atoms with van der Waals surface area (Å²) >= 11 is 8.77. The van der Waals surface area contributed by atoms with E-state index >= 15 is 0 Å². The van der Waals surface area contributed by atoms with Crippen molar-refractivity contribution in [3.8, 4) is 11.3 Å². The fourth-order valence-corrected chi connectivity index (χ4v) is 1.59. The summed E-state index contributed by atoms with van der Waals surface area (Å²) in [6.45, 7) is 0. The van der Waals surface area contributed by atoms with Gasteiger partial charge >= 0.3 is 0 Å². The van der Waals surface area contributed by atoms with Gasteiger partial charge in [-0.05, 0) is 30.3 Å². The Hall–Kier alpha value is -1.00. The van der Waals surface area contributed by atoms with Gasteiger partial charge in [-0.1, -0.05) is 27.5 Å². The molecule has 1 heterocycles. The maximum atomic E-state index is 13.5. The van der Waals surface area contributed by atoms with Gasteiger partial charge in [-0.3, -0.25) is 0 Å². The maximum Gasteiger partial charge on any atom is 0.151 e. The lowest BCUT2D eigenvalue weighted by atomic mass is 10.1. The summed E-state index contributed by atoms with van der Waals surface area (Å²) in [4.78, 5) is 0. The third-order valence-corrected chi connectivity index (χ3v) is 2.53.